The Hall–Kier alpha value is -0.0800. The summed E-state index contributed by atoms with van der Waals surface area (Å²) >= 11 is 10.5. The molecule has 0 unspecified atom stereocenters. The van der Waals surface area contributed by atoms with Gasteiger partial charge in [0.25, 0.3) is 0 Å². The van der Waals surface area contributed by atoms with E-state index in [2.05, 4.69) is 64.4 Å². The zero-order chi connectivity index (χ0) is 15.3. The fraction of sp³-hybridized carbons (Fsp3) is 0. The Bertz CT molecular complexity index is 622. The number of nitrogens with two attached hydrogens (primary N) is 1. The first kappa shape index (κ1) is 18.0. The van der Waals surface area contributed by atoms with Gasteiger partial charge in [-0.3, -0.25) is 20.1 Å². The van der Waals surface area contributed by atoms with Gasteiger partial charge in [-0.05, 0) is 77.0 Å². The summed E-state index contributed by atoms with van der Waals surface area (Å²) in [5, 5.41) is 10.3. The number of nitro groups is 1. The van der Waals surface area contributed by atoms with Crippen LogP contribution in [-0.2, 0) is 0 Å². The molecule has 0 amide bonds. The van der Waals surface area contributed by atoms with Crippen molar-refractivity contribution in [1.29, 1.82) is 0 Å². The summed E-state index contributed by atoms with van der Waals surface area (Å²) in [6.07, 6.45) is 6.10. The first-order valence-electron chi connectivity index (χ1n) is 4.82. The Morgan fingerprint density at radius 2 is 1.55 bits per heavy atom. The molecule has 2 aromatic rings. The lowest BCUT2D eigenvalue weighted by Crippen LogP contribution is -1.92. The Morgan fingerprint density at radius 1 is 1.05 bits per heavy atom. The number of pyridine rings is 2. The standard InChI is InChI=1S/C5H2BrIN2O2.C5H4BrIN2/c6-3-1-8-2-4(5(3)7)9(10)11;6-3-1-9-2-4(8)5(3)7/h1-2H;1-2H,8H2. The van der Waals surface area contributed by atoms with Crippen LogP contribution in [0.2, 0.25) is 0 Å². The maximum atomic E-state index is 10.3. The van der Waals surface area contributed by atoms with Crippen molar-refractivity contribution in [1.82, 2.24) is 9.97 Å². The molecule has 0 aliphatic carbocycles. The highest BCUT2D eigenvalue weighted by Crippen LogP contribution is 2.26. The Kier molecular flexibility index (Phi) is 7.53. The molecular weight excluding hydrogens is 622 g/mol. The predicted molar refractivity (Wildman–Crippen MR) is 100 cm³/mol. The van der Waals surface area contributed by atoms with Crippen LogP contribution in [-0.4, -0.2) is 14.9 Å². The van der Waals surface area contributed by atoms with Crippen LogP contribution in [0.5, 0.6) is 0 Å². The van der Waals surface area contributed by atoms with Crippen LogP contribution in [0.15, 0.2) is 33.7 Å². The van der Waals surface area contributed by atoms with E-state index in [1.165, 1.54) is 12.4 Å². The van der Waals surface area contributed by atoms with Gasteiger partial charge >= 0.3 is 5.69 Å². The van der Waals surface area contributed by atoms with Gasteiger partial charge in [0.1, 0.15) is 9.77 Å². The van der Waals surface area contributed by atoms with Crippen molar-refractivity contribution < 1.29 is 4.92 Å². The van der Waals surface area contributed by atoms with E-state index >= 15 is 0 Å². The largest absolute Gasteiger partial charge is 0.397 e. The zero-order valence-electron chi connectivity index (χ0n) is 9.56. The molecular formula is C10H6Br2I2N4O2. The number of rotatable bonds is 1. The summed E-state index contributed by atoms with van der Waals surface area (Å²) in [6.45, 7) is 0. The molecule has 2 rings (SSSR count). The maximum absolute atomic E-state index is 10.3. The number of nitrogens with zero attached hydrogens (tertiary/aromatic N) is 3. The van der Waals surface area contributed by atoms with Gasteiger partial charge in [0.05, 0.1) is 29.3 Å². The molecule has 2 N–H and O–H groups in total. The van der Waals surface area contributed by atoms with Crippen molar-refractivity contribution >= 4 is 88.4 Å². The number of hydrogen-bond donors (Lipinski definition) is 1. The average molecular weight is 628 g/mol. The van der Waals surface area contributed by atoms with Gasteiger partial charge < -0.3 is 5.73 Å². The molecule has 0 radical (unpaired) electrons. The van der Waals surface area contributed by atoms with Crippen LogP contribution in [0.1, 0.15) is 0 Å². The molecule has 2 heterocycles. The molecule has 6 nitrogen and oxygen atoms in total. The van der Waals surface area contributed by atoms with Crippen molar-refractivity contribution in [2.45, 2.75) is 0 Å². The zero-order valence-corrected chi connectivity index (χ0v) is 17.0. The number of anilines is 1. The number of nitrogen functional groups attached to an aromatic ring is 1. The van der Waals surface area contributed by atoms with E-state index in [9.17, 15) is 10.1 Å². The second-order valence-electron chi connectivity index (χ2n) is 3.24. The molecule has 2 aromatic heterocycles. The minimum atomic E-state index is -0.459. The van der Waals surface area contributed by atoms with E-state index in [-0.39, 0.29) is 5.69 Å². The highest BCUT2D eigenvalue weighted by atomic mass is 127. The third-order valence-electron chi connectivity index (χ3n) is 1.88. The molecule has 0 fully saturated rings. The summed E-state index contributed by atoms with van der Waals surface area (Å²) in [6, 6.07) is 0. The SMILES string of the molecule is Nc1cncc(Br)c1I.O=[N+]([O-])c1cncc(Br)c1I. The third kappa shape index (κ3) is 5.04. The summed E-state index contributed by atoms with van der Waals surface area (Å²) < 4.78 is 3.18. The lowest BCUT2D eigenvalue weighted by molar-refractivity contribution is -0.386. The molecule has 106 valence electrons. The molecule has 0 spiro atoms. The molecule has 0 saturated carbocycles. The molecule has 20 heavy (non-hydrogen) atoms. The van der Waals surface area contributed by atoms with Crippen LogP contribution in [0.4, 0.5) is 11.4 Å². The second kappa shape index (κ2) is 8.38. The van der Waals surface area contributed by atoms with Gasteiger partial charge in [-0.1, -0.05) is 0 Å². The first-order chi connectivity index (χ1) is 9.34. The minimum Gasteiger partial charge on any atom is -0.397 e. The van der Waals surface area contributed by atoms with Crippen molar-refractivity contribution in [2.24, 2.45) is 0 Å². The van der Waals surface area contributed by atoms with Crippen molar-refractivity contribution in [3.8, 4) is 0 Å². The van der Waals surface area contributed by atoms with Crippen molar-refractivity contribution in [2.75, 3.05) is 5.73 Å². The van der Waals surface area contributed by atoms with E-state index in [0.717, 1.165) is 8.04 Å². The lowest BCUT2D eigenvalue weighted by atomic mass is 10.4. The van der Waals surface area contributed by atoms with Gasteiger partial charge in [0.15, 0.2) is 0 Å². The normalized spacial score (nSPS) is 9.60. The Balaban J connectivity index is 0.000000204. The van der Waals surface area contributed by atoms with Gasteiger partial charge in [-0.25, -0.2) is 0 Å². The first-order valence-corrected chi connectivity index (χ1v) is 8.56. The fourth-order valence-electron chi connectivity index (χ4n) is 0.971. The fourth-order valence-corrected chi connectivity index (χ4v) is 2.39. The van der Waals surface area contributed by atoms with Crippen LogP contribution in [0.3, 0.4) is 0 Å². The topological polar surface area (TPSA) is 94.9 Å². The van der Waals surface area contributed by atoms with E-state index < -0.39 is 4.92 Å². The van der Waals surface area contributed by atoms with E-state index in [1.807, 2.05) is 22.6 Å². The lowest BCUT2D eigenvalue weighted by Gasteiger charge is -1.96. The maximum Gasteiger partial charge on any atom is 0.301 e. The molecule has 0 bridgehead atoms. The van der Waals surface area contributed by atoms with Crippen LogP contribution < -0.4 is 5.73 Å². The smallest absolute Gasteiger partial charge is 0.301 e. The van der Waals surface area contributed by atoms with Crippen molar-refractivity contribution in [3.05, 3.63) is 51.0 Å². The molecule has 0 aromatic carbocycles. The molecule has 0 atom stereocenters. The van der Waals surface area contributed by atoms with Gasteiger partial charge in [-0.2, -0.15) is 0 Å². The van der Waals surface area contributed by atoms with E-state index in [1.54, 1.807) is 12.4 Å². The summed E-state index contributed by atoms with van der Waals surface area (Å²) in [5.41, 5.74) is 6.26. The van der Waals surface area contributed by atoms with Gasteiger partial charge in [0.2, 0.25) is 0 Å². The highest BCUT2D eigenvalue weighted by molar-refractivity contribution is 14.1. The number of aromatic nitrogens is 2. The number of hydrogen-bond acceptors (Lipinski definition) is 5. The molecule has 0 saturated heterocycles. The highest BCUT2D eigenvalue weighted by Gasteiger charge is 2.13. The monoisotopic (exact) mass is 626 g/mol. The van der Waals surface area contributed by atoms with Crippen LogP contribution in [0.25, 0.3) is 0 Å². The Labute approximate surface area is 158 Å². The third-order valence-corrected chi connectivity index (χ3v) is 6.90. The Morgan fingerprint density at radius 3 is 1.95 bits per heavy atom. The van der Waals surface area contributed by atoms with E-state index in [4.69, 9.17) is 5.73 Å². The summed E-state index contributed by atoms with van der Waals surface area (Å²) in [7, 11) is 0. The predicted octanol–water partition coefficient (Wildman–Crippen LogP) is 4.39. The van der Waals surface area contributed by atoms with Crippen LogP contribution in [0, 0.1) is 17.3 Å². The summed E-state index contributed by atoms with van der Waals surface area (Å²) in [5.74, 6) is 0. The quantitative estimate of drug-likeness (QED) is 0.288. The molecule has 0 aliphatic heterocycles. The van der Waals surface area contributed by atoms with Gasteiger partial charge in [-0.15, -0.1) is 0 Å². The molecule has 0 aliphatic rings. The van der Waals surface area contributed by atoms with Crippen molar-refractivity contribution in [3.63, 3.8) is 0 Å². The molecule has 10 heteroatoms. The number of halogens is 4. The summed E-state index contributed by atoms with van der Waals surface area (Å²) in [4.78, 5) is 17.4. The second-order valence-corrected chi connectivity index (χ2v) is 7.10. The average Bonchev–Trinajstić information content (AvgIpc) is 2.39. The van der Waals surface area contributed by atoms with Crippen LogP contribution >= 0.6 is 77.0 Å². The van der Waals surface area contributed by atoms with E-state index in [0.29, 0.717) is 13.7 Å². The minimum absolute atomic E-state index is 0.0278. The van der Waals surface area contributed by atoms with Gasteiger partial charge in [0, 0.05) is 12.4 Å².